The number of amides is 1. The molecular weight excluding hydrogens is 230 g/mol. The highest BCUT2D eigenvalue weighted by Crippen LogP contribution is 2.25. The molecule has 18 heavy (non-hydrogen) atoms. The third kappa shape index (κ3) is 3.95. The van der Waals surface area contributed by atoms with Crippen LogP contribution in [0.15, 0.2) is 18.2 Å². The zero-order chi connectivity index (χ0) is 13.5. The summed E-state index contributed by atoms with van der Waals surface area (Å²) in [6, 6.07) is 4.49. The Bertz CT molecular complexity index is 398. The van der Waals surface area contributed by atoms with Crippen LogP contribution in [0.3, 0.4) is 0 Å². The van der Waals surface area contributed by atoms with E-state index in [9.17, 15) is 15.0 Å². The molecule has 0 fully saturated rings. The summed E-state index contributed by atoms with van der Waals surface area (Å²) in [5, 5.41) is 18.6. The highest BCUT2D eigenvalue weighted by molar-refractivity contribution is 5.79. The molecule has 0 spiro atoms. The molecule has 2 N–H and O–H groups in total. The fraction of sp³-hybridized carbons (Fsp3) is 0.500. The summed E-state index contributed by atoms with van der Waals surface area (Å²) in [7, 11) is 0. The topological polar surface area (TPSA) is 60.8 Å². The fourth-order valence-corrected chi connectivity index (χ4v) is 1.87. The number of aromatic hydroxyl groups is 2. The molecule has 1 aromatic rings. The molecule has 0 atom stereocenters. The largest absolute Gasteiger partial charge is 0.504 e. The van der Waals surface area contributed by atoms with E-state index in [4.69, 9.17) is 0 Å². The van der Waals surface area contributed by atoms with Gasteiger partial charge in [0, 0.05) is 13.1 Å². The summed E-state index contributed by atoms with van der Waals surface area (Å²) in [6.45, 7) is 5.61. The molecule has 0 radical (unpaired) electrons. The summed E-state index contributed by atoms with van der Waals surface area (Å²) in [4.78, 5) is 13.9. The van der Waals surface area contributed by atoms with Crippen molar-refractivity contribution in [3.8, 4) is 11.5 Å². The van der Waals surface area contributed by atoms with Gasteiger partial charge in [0.2, 0.25) is 5.91 Å². The van der Waals surface area contributed by atoms with Crippen LogP contribution < -0.4 is 0 Å². The van der Waals surface area contributed by atoms with Gasteiger partial charge in [-0.1, -0.05) is 19.9 Å². The van der Waals surface area contributed by atoms with Gasteiger partial charge in [0.05, 0.1) is 6.42 Å². The number of phenols is 2. The Morgan fingerprint density at radius 2 is 1.72 bits per heavy atom. The molecule has 0 aromatic heterocycles. The molecule has 0 unspecified atom stereocenters. The molecule has 1 amide bonds. The second kappa shape index (κ2) is 6.89. The van der Waals surface area contributed by atoms with E-state index >= 15 is 0 Å². The molecule has 0 aliphatic carbocycles. The summed E-state index contributed by atoms with van der Waals surface area (Å²) >= 11 is 0. The molecule has 1 aromatic carbocycles. The van der Waals surface area contributed by atoms with Gasteiger partial charge in [-0.3, -0.25) is 4.79 Å². The fourth-order valence-electron chi connectivity index (χ4n) is 1.87. The molecule has 4 heteroatoms. The Morgan fingerprint density at radius 3 is 2.22 bits per heavy atom. The standard InChI is InChI=1S/C14H21NO3/c1-3-7-15(8-4-2)14(18)10-11-5-6-12(16)13(17)9-11/h5-6,9,16-17H,3-4,7-8,10H2,1-2H3. The first-order valence-electron chi connectivity index (χ1n) is 6.37. The van der Waals surface area contributed by atoms with Crippen LogP contribution in [0.4, 0.5) is 0 Å². The molecule has 0 aliphatic heterocycles. The van der Waals surface area contributed by atoms with Crippen molar-refractivity contribution in [1.82, 2.24) is 4.90 Å². The first-order valence-corrected chi connectivity index (χ1v) is 6.37. The van der Waals surface area contributed by atoms with Gasteiger partial charge in [-0.15, -0.1) is 0 Å². The van der Waals surface area contributed by atoms with Crippen LogP contribution in [-0.2, 0) is 11.2 Å². The smallest absolute Gasteiger partial charge is 0.226 e. The number of phenolic OH excluding ortho intramolecular Hbond substituents is 2. The lowest BCUT2D eigenvalue weighted by Gasteiger charge is -2.21. The number of hydrogen-bond donors (Lipinski definition) is 2. The van der Waals surface area contributed by atoms with E-state index in [1.54, 1.807) is 6.07 Å². The van der Waals surface area contributed by atoms with Crippen molar-refractivity contribution in [3.05, 3.63) is 23.8 Å². The molecule has 0 heterocycles. The lowest BCUT2D eigenvalue weighted by molar-refractivity contribution is -0.130. The maximum Gasteiger partial charge on any atom is 0.226 e. The molecule has 1 rings (SSSR count). The van der Waals surface area contributed by atoms with Crippen LogP contribution in [0.2, 0.25) is 0 Å². The van der Waals surface area contributed by atoms with Crippen molar-refractivity contribution in [3.63, 3.8) is 0 Å². The normalized spacial score (nSPS) is 10.3. The molecule has 0 saturated carbocycles. The Labute approximate surface area is 108 Å². The monoisotopic (exact) mass is 251 g/mol. The summed E-state index contributed by atoms with van der Waals surface area (Å²) < 4.78 is 0. The molecule has 0 bridgehead atoms. The number of carbonyl (C=O) groups is 1. The van der Waals surface area contributed by atoms with Gasteiger partial charge in [0.1, 0.15) is 0 Å². The van der Waals surface area contributed by atoms with Crippen LogP contribution in [0, 0.1) is 0 Å². The SMILES string of the molecule is CCCN(CCC)C(=O)Cc1ccc(O)c(O)c1. The predicted octanol–water partition coefficient (Wildman–Crippen LogP) is 2.29. The average Bonchev–Trinajstić information content (AvgIpc) is 2.33. The van der Waals surface area contributed by atoms with Gasteiger partial charge >= 0.3 is 0 Å². The average molecular weight is 251 g/mol. The second-order valence-corrected chi connectivity index (χ2v) is 4.38. The first kappa shape index (κ1) is 14.4. The van der Waals surface area contributed by atoms with E-state index in [-0.39, 0.29) is 23.8 Å². The summed E-state index contributed by atoms with van der Waals surface area (Å²) in [6.07, 6.45) is 2.13. The molecule has 100 valence electrons. The highest BCUT2D eigenvalue weighted by Gasteiger charge is 2.13. The van der Waals surface area contributed by atoms with Crippen LogP contribution in [0.25, 0.3) is 0 Å². The van der Waals surface area contributed by atoms with Gasteiger partial charge in [0.25, 0.3) is 0 Å². The Morgan fingerprint density at radius 1 is 1.11 bits per heavy atom. The van der Waals surface area contributed by atoms with Crippen LogP contribution in [0.1, 0.15) is 32.3 Å². The van der Waals surface area contributed by atoms with E-state index < -0.39 is 0 Å². The van der Waals surface area contributed by atoms with E-state index in [0.717, 1.165) is 25.9 Å². The Kier molecular flexibility index (Phi) is 5.49. The molecule has 0 saturated heterocycles. The van der Waals surface area contributed by atoms with E-state index in [2.05, 4.69) is 0 Å². The number of benzene rings is 1. The first-order chi connectivity index (χ1) is 8.58. The minimum Gasteiger partial charge on any atom is -0.504 e. The van der Waals surface area contributed by atoms with Crippen molar-refractivity contribution in [1.29, 1.82) is 0 Å². The summed E-state index contributed by atoms with van der Waals surface area (Å²) in [5.74, 6) is -0.285. The number of hydrogen-bond acceptors (Lipinski definition) is 3. The van der Waals surface area contributed by atoms with Crippen LogP contribution in [-0.4, -0.2) is 34.1 Å². The van der Waals surface area contributed by atoms with Crippen molar-refractivity contribution in [2.24, 2.45) is 0 Å². The number of carbonyl (C=O) groups excluding carboxylic acids is 1. The molecular formula is C14H21NO3. The van der Waals surface area contributed by atoms with E-state index in [1.807, 2.05) is 18.7 Å². The minimum absolute atomic E-state index is 0.0591. The van der Waals surface area contributed by atoms with E-state index in [0.29, 0.717) is 5.56 Å². The maximum atomic E-state index is 12.1. The van der Waals surface area contributed by atoms with Gasteiger partial charge in [-0.25, -0.2) is 0 Å². The van der Waals surface area contributed by atoms with Crippen molar-refractivity contribution < 1.29 is 15.0 Å². The highest BCUT2D eigenvalue weighted by atomic mass is 16.3. The quantitative estimate of drug-likeness (QED) is 0.763. The minimum atomic E-state index is -0.183. The van der Waals surface area contributed by atoms with Gasteiger partial charge in [0.15, 0.2) is 11.5 Å². The zero-order valence-electron chi connectivity index (χ0n) is 11.0. The van der Waals surface area contributed by atoms with Gasteiger partial charge in [-0.05, 0) is 30.5 Å². The third-order valence-electron chi connectivity index (χ3n) is 2.73. The molecule has 0 aliphatic rings. The lowest BCUT2D eigenvalue weighted by Crippen LogP contribution is -2.33. The van der Waals surface area contributed by atoms with E-state index in [1.165, 1.54) is 12.1 Å². The number of nitrogens with zero attached hydrogens (tertiary/aromatic N) is 1. The zero-order valence-corrected chi connectivity index (χ0v) is 11.0. The maximum absolute atomic E-state index is 12.1. The van der Waals surface area contributed by atoms with Gasteiger partial charge in [-0.2, -0.15) is 0 Å². The van der Waals surface area contributed by atoms with Gasteiger partial charge < -0.3 is 15.1 Å². The second-order valence-electron chi connectivity index (χ2n) is 4.38. The Balaban J connectivity index is 2.69. The summed E-state index contributed by atoms with van der Waals surface area (Å²) in [5.41, 5.74) is 0.715. The molecule has 4 nitrogen and oxygen atoms in total. The van der Waals surface area contributed by atoms with Crippen LogP contribution >= 0.6 is 0 Å². The number of rotatable bonds is 6. The Hall–Kier alpha value is -1.71. The third-order valence-corrected chi connectivity index (χ3v) is 2.73. The van der Waals surface area contributed by atoms with Crippen molar-refractivity contribution in [2.75, 3.05) is 13.1 Å². The van der Waals surface area contributed by atoms with Crippen molar-refractivity contribution >= 4 is 5.91 Å². The predicted molar refractivity (Wildman–Crippen MR) is 70.6 cm³/mol. The lowest BCUT2D eigenvalue weighted by atomic mass is 10.1. The van der Waals surface area contributed by atoms with Crippen molar-refractivity contribution in [2.45, 2.75) is 33.1 Å². The van der Waals surface area contributed by atoms with Crippen LogP contribution in [0.5, 0.6) is 11.5 Å².